The fourth-order valence-corrected chi connectivity index (χ4v) is 4.90. The molecule has 0 unspecified atom stereocenters. The molecule has 1 atom stereocenters. The lowest BCUT2D eigenvalue weighted by molar-refractivity contribution is -0.139. The van der Waals surface area contributed by atoms with Gasteiger partial charge < -0.3 is 9.47 Å². The van der Waals surface area contributed by atoms with Crippen LogP contribution < -0.4 is 19.6 Å². The van der Waals surface area contributed by atoms with Crippen molar-refractivity contribution in [1.82, 2.24) is 4.57 Å². The zero-order valence-corrected chi connectivity index (χ0v) is 20.3. The van der Waals surface area contributed by atoms with Gasteiger partial charge >= 0.3 is 11.9 Å². The Labute approximate surface area is 204 Å². The van der Waals surface area contributed by atoms with Gasteiger partial charge in [0.15, 0.2) is 4.80 Å². The van der Waals surface area contributed by atoms with Crippen LogP contribution in [-0.2, 0) is 14.3 Å². The number of para-hydroxylation sites is 1. The molecule has 0 fully saturated rings. The molecule has 0 radical (unpaired) electrons. The first-order valence-electron chi connectivity index (χ1n) is 10.5. The van der Waals surface area contributed by atoms with Gasteiger partial charge in [-0.15, -0.1) is 0 Å². The molecule has 0 N–H and O–H groups in total. The van der Waals surface area contributed by atoms with Crippen LogP contribution in [0.15, 0.2) is 69.6 Å². The van der Waals surface area contributed by atoms with Crippen LogP contribution in [0.5, 0.6) is 5.75 Å². The molecule has 174 valence electrons. The SMILES string of the molecule is CCOC(=O)C1=C(C)N=c2s/c(=C/c3ccccc3OC(C)=O)c(=O)n2[C@H]1c1ccc(Cl)cc1. The average Bonchev–Trinajstić information content (AvgIpc) is 3.09. The summed E-state index contributed by atoms with van der Waals surface area (Å²) in [5.41, 5.74) is 1.73. The fourth-order valence-electron chi connectivity index (χ4n) is 3.74. The van der Waals surface area contributed by atoms with Gasteiger partial charge in [0, 0.05) is 17.5 Å². The van der Waals surface area contributed by atoms with Gasteiger partial charge in [0.25, 0.3) is 5.56 Å². The van der Waals surface area contributed by atoms with E-state index in [1.165, 1.54) is 22.8 Å². The molecular formula is C25H21ClN2O5S. The fraction of sp³-hybridized carbons (Fsp3) is 0.200. The van der Waals surface area contributed by atoms with Crippen molar-refractivity contribution in [2.45, 2.75) is 26.8 Å². The van der Waals surface area contributed by atoms with E-state index >= 15 is 0 Å². The Morgan fingerprint density at radius 1 is 1.18 bits per heavy atom. The molecule has 34 heavy (non-hydrogen) atoms. The van der Waals surface area contributed by atoms with E-state index in [0.717, 1.165) is 0 Å². The highest BCUT2D eigenvalue weighted by molar-refractivity contribution is 7.07. The summed E-state index contributed by atoms with van der Waals surface area (Å²) in [4.78, 5) is 43.0. The number of fused-ring (bicyclic) bond motifs is 1. The number of thiazole rings is 1. The Hall–Kier alpha value is -3.49. The highest BCUT2D eigenvalue weighted by Crippen LogP contribution is 2.31. The molecule has 0 amide bonds. The molecule has 1 aliphatic rings. The van der Waals surface area contributed by atoms with Crippen LogP contribution in [0.3, 0.4) is 0 Å². The number of ether oxygens (including phenoxy) is 2. The van der Waals surface area contributed by atoms with Crippen molar-refractivity contribution < 1.29 is 19.1 Å². The van der Waals surface area contributed by atoms with Crippen molar-refractivity contribution in [2.75, 3.05) is 6.61 Å². The molecule has 3 aromatic rings. The maximum absolute atomic E-state index is 13.6. The highest BCUT2D eigenvalue weighted by atomic mass is 35.5. The summed E-state index contributed by atoms with van der Waals surface area (Å²) in [6.45, 7) is 4.96. The Kier molecular flexibility index (Phi) is 6.81. The summed E-state index contributed by atoms with van der Waals surface area (Å²) < 4.78 is 12.4. The summed E-state index contributed by atoms with van der Waals surface area (Å²) in [6.07, 6.45) is 1.66. The van der Waals surface area contributed by atoms with Gasteiger partial charge in [0.05, 0.1) is 28.5 Å². The van der Waals surface area contributed by atoms with E-state index in [4.69, 9.17) is 21.1 Å². The summed E-state index contributed by atoms with van der Waals surface area (Å²) >= 11 is 7.27. The lowest BCUT2D eigenvalue weighted by atomic mass is 9.96. The van der Waals surface area contributed by atoms with Gasteiger partial charge in [-0.25, -0.2) is 9.79 Å². The smallest absolute Gasteiger partial charge is 0.338 e. The molecule has 2 heterocycles. The lowest BCUT2D eigenvalue weighted by Gasteiger charge is -2.24. The second kappa shape index (κ2) is 9.79. The van der Waals surface area contributed by atoms with Crippen LogP contribution >= 0.6 is 22.9 Å². The third-order valence-electron chi connectivity index (χ3n) is 5.16. The van der Waals surface area contributed by atoms with Gasteiger partial charge in [0.1, 0.15) is 5.75 Å². The van der Waals surface area contributed by atoms with Gasteiger partial charge in [-0.05, 0) is 43.7 Å². The predicted molar refractivity (Wildman–Crippen MR) is 130 cm³/mol. The minimum Gasteiger partial charge on any atom is -0.463 e. The third-order valence-corrected chi connectivity index (χ3v) is 6.40. The van der Waals surface area contributed by atoms with Crippen molar-refractivity contribution in [3.8, 4) is 5.75 Å². The summed E-state index contributed by atoms with van der Waals surface area (Å²) in [6, 6.07) is 13.2. The highest BCUT2D eigenvalue weighted by Gasteiger charge is 2.33. The first-order chi connectivity index (χ1) is 16.3. The lowest BCUT2D eigenvalue weighted by Crippen LogP contribution is -2.39. The summed E-state index contributed by atoms with van der Waals surface area (Å²) in [5, 5.41) is 0.539. The topological polar surface area (TPSA) is 87.0 Å². The summed E-state index contributed by atoms with van der Waals surface area (Å²) in [5.74, 6) is -0.642. The van der Waals surface area contributed by atoms with E-state index in [2.05, 4.69) is 4.99 Å². The molecule has 2 aromatic carbocycles. The molecule has 0 spiro atoms. The average molecular weight is 497 g/mol. The quantitative estimate of drug-likeness (QED) is 0.399. The number of carbonyl (C=O) groups excluding carboxylic acids is 2. The number of nitrogens with zero attached hydrogens (tertiary/aromatic N) is 2. The number of esters is 2. The zero-order valence-electron chi connectivity index (χ0n) is 18.7. The third kappa shape index (κ3) is 4.60. The van der Waals surface area contributed by atoms with Crippen LogP contribution in [-0.4, -0.2) is 23.1 Å². The number of halogens is 1. The molecule has 0 bridgehead atoms. The molecule has 0 saturated carbocycles. The van der Waals surface area contributed by atoms with Crippen LogP contribution in [0.2, 0.25) is 5.02 Å². The maximum Gasteiger partial charge on any atom is 0.338 e. The Bertz CT molecular complexity index is 1480. The first kappa shape index (κ1) is 23.7. The van der Waals surface area contributed by atoms with Crippen molar-refractivity contribution >= 4 is 41.0 Å². The van der Waals surface area contributed by atoms with Crippen LogP contribution in [0.4, 0.5) is 0 Å². The van der Waals surface area contributed by atoms with E-state index < -0.39 is 18.0 Å². The summed E-state index contributed by atoms with van der Waals surface area (Å²) in [7, 11) is 0. The molecule has 9 heteroatoms. The Morgan fingerprint density at radius 2 is 1.88 bits per heavy atom. The first-order valence-corrected chi connectivity index (χ1v) is 11.7. The number of benzene rings is 2. The van der Waals surface area contributed by atoms with E-state index in [9.17, 15) is 14.4 Å². The minimum absolute atomic E-state index is 0.195. The molecule has 4 rings (SSSR count). The zero-order chi connectivity index (χ0) is 24.4. The van der Waals surface area contributed by atoms with Crippen molar-refractivity contribution in [3.63, 3.8) is 0 Å². The van der Waals surface area contributed by atoms with Gasteiger partial charge in [-0.2, -0.15) is 0 Å². The van der Waals surface area contributed by atoms with Gasteiger partial charge in [-0.3, -0.25) is 14.2 Å². The minimum atomic E-state index is -0.724. The Morgan fingerprint density at radius 3 is 2.56 bits per heavy atom. The Balaban J connectivity index is 1.94. The second-order valence-corrected chi connectivity index (χ2v) is 8.93. The van der Waals surface area contributed by atoms with Crippen molar-refractivity contribution in [2.24, 2.45) is 4.99 Å². The number of rotatable bonds is 5. The number of aromatic nitrogens is 1. The van der Waals surface area contributed by atoms with Crippen molar-refractivity contribution in [3.05, 3.63) is 95.6 Å². The van der Waals surface area contributed by atoms with Crippen LogP contribution in [0.25, 0.3) is 6.08 Å². The molecule has 0 saturated heterocycles. The van der Waals surface area contributed by atoms with E-state index in [0.29, 0.717) is 42.5 Å². The van der Waals surface area contributed by atoms with Gasteiger partial charge in [-0.1, -0.05) is 53.3 Å². The molecule has 1 aromatic heterocycles. The standard InChI is InChI=1S/C25H21ClN2O5S/c1-4-32-24(31)21-14(2)27-25-28(22(21)16-9-11-18(26)12-10-16)23(30)20(34-25)13-17-7-5-6-8-19(17)33-15(3)29/h5-13,22H,4H2,1-3H3/b20-13+/t22-/m0/s1. The van der Waals surface area contributed by atoms with Crippen LogP contribution in [0.1, 0.15) is 37.9 Å². The number of hydrogen-bond acceptors (Lipinski definition) is 7. The monoisotopic (exact) mass is 496 g/mol. The van der Waals surface area contributed by atoms with E-state index in [1.807, 2.05) is 0 Å². The van der Waals surface area contributed by atoms with Crippen LogP contribution in [0, 0.1) is 0 Å². The van der Waals surface area contributed by atoms with Gasteiger partial charge in [0.2, 0.25) is 0 Å². The maximum atomic E-state index is 13.6. The predicted octanol–water partition coefficient (Wildman–Crippen LogP) is 3.38. The number of allylic oxidation sites excluding steroid dienone is 1. The number of carbonyl (C=O) groups is 2. The molecule has 0 aliphatic carbocycles. The molecular weight excluding hydrogens is 476 g/mol. The second-order valence-electron chi connectivity index (χ2n) is 7.49. The van der Waals surface area contributed by atoms with Crippen molar-refractivity contribution in [1.29, 1.82) is 0 Å². The largest absolute Gasteiger partial charge is 0.463 e. The molecule has 7 nitrogen and oxygen atoms in total. The molecule has 1 aliphatic heterocycles. The van der Waals surface area contributed by atoms with E-state index in [1.54, 1.807) is 68.5 Å². The number of hydrogen-bond donors (Lipinski definition) is 0. The normalized spacial score (nSPS) is 15.5. The van der Waals surface area contributed by atoms with E-state index in [-0.39, 0.29) is 12.2 Å².